The number of nitrogens with zero attached hydrogens (tertiary/aromatic N) is 3. The van der Waals surface area contributed by atoms with Crippen molar-refractivity contribution in [2.75, 3.05) is 18.0 Å². The highest BCUT2D eigenvalue weighted by Gasteiger charge is 2.31. The van der Waals surface area contributed by atoms with Crippen LogP contribution in [0.1, 0.15) is 43.5 Å². The summed E-state index contributed by atoms with van der Waals surface area (Å²) in [5.41, 5.74) is 0.956. The third-order valence-corrected chi connectivity index (χ3v) is 4.59. The lowest BCUT2D eigenvalue weighted by Crippen LogP contribution is -2.25. The molecule has 2 aliphatic rings. The van der Waals surface area contributed by atoms with E-state index in [1.54, 1.807) is 0 Å². The molecular formula is C14H20ClN3O. The fourth-order valence-electron chi connectivity index (χ4n) is 2.70. The minimum Gasteiger partial charge on any atom is -0.393 e. The molecule has 0 amide bonds. The van der Waals surface area contributed by atoms with Gasteiger partial charge in [-0.2, -0.15) is 0 Å². The van der Waals surface area contributed by atoms with Crippen molar-refractivity contribution in [2.45, 2.75) is 45.1 Å². The summed E-state index contributed by atoms with van der Waals surface area (Å²) >= 11 is 6.24. The second-order valence-electron chi connectivity index (χ2n) is 5.83. The molecule has 2 heterocycles. The van der Waals surface area contributed by atoms with E-state index in [9.17, 15) is 5.11 Å². The molecule has 2 fully saturated rings. The Bertz CT molecular complexity index is 488. The molecule has 5 heteroatoms. The number of anilines is 1. The number of hydrogen-bond donors (Lipinski definition) is 1. The molecule has 19 heavy (non-hydrogen) atoms. The van der Waals surface area contributed by atoms with Gasteiger partial charge in [0.1, 0.15) is 16.8 Å². The fraction of sp³-hybridized carbons (Fsp3) is 0.714. The van der Waals surface area contributed by atoms with E-state index in [2.05, 4.69) is 9.88 Å². The molecule has 1 aliphatic carbocycles. The zero-order chi connectivity index (χ0) is 13.6. The average Bonchev–Trinajstić information content (AvgIpc) is 3.09. The summed E-state index contributed by atoms with van der Waals surface area (Å²) < 4.78 is 0. The fourth-order valence-corrected chi connectivity index (χ4v) is 2.87. The van der Waals surface area contributed by atoms with Crippen molar-refractivity contribution in [1.29, 1.82) is 0 Å². The van der Waals surface area contributed by atoms with Crippen molar-refractivity contribution in [3.05, 3.63) is 16.5 Å². The minimum atomic E-state index is -0.259. The largest absolute Gasteiger partial charge is 0.393 e. The van der Waals surface area contributed by atoms with Gasteiger partial charge in [-0.3, -0.25) is 0 Å². The normalized spacial score (nSPS) is 24.8. The van der Waals surface area contributed by atoms with Crippen LogP contribution in [-0.2, 0) is 0 Å². The number of rotatable bonds is 3. The first-order valence-corrected chi connectivity index (χ1v) is 7.41. The molecule has 1 N–H and O–H groups in total. The van der Waals surface area contributed by atoms with Crippen LogP contribution in [0.3, 0.4) is 0 Å². The zero-order valence-electron chi connectivity index (χ0n) is 11.4. The van der Waals surface area contributed by atoms with Crippen LogP contribution in [0, 0.1) is 12.8 Å². The molecule has 104 valence electrons. The number of halogens is 1. The molecule has 1 aromatic rings. The predicted molar refractivity (Wildman–Crippen MR) is 75.8 cm³/mol. The van der Waals surface area contributed by atoms with Gasteiger partial charge in [0.05, 0.1) is 6.10 Å². The highest BCUT2D eigenvalue weighted by Crippen LogP contribution is 2.40. The van der Waals surface area contributed by atoms with Gasteiger partial charge in [0.25, 0.3) is 0 Å². The zero-order valence-corrected chi connectivity index (χ0v) is 12.2. The summed E-state index contributed by atoms with van der Waals surface area (Å²) in [6, 6.07) is 0. The number of aromatic nitrogens is 2. The number of aliphatic hydroxyl groups is 1. The molecule has 0 spiro atoms. The first-order valence-electron chi connectivity index (χ1n) is 7.03. The summed E-state index contributed by atoms with van der Waals surface area (Å²) in [5.74, 6) is 2.70. The van der Waals surface area contributed by atoms with Gasteiger partial charge in [-0.15, -0.1) is 0 Å². The van der Waals surface area contributed by atoms with E-state index >= 15 is 0 Å². The van der Waals surface area contributed by atoms with E-state index in [0.717, 1.165) is 36.7 Å². The van der Waals surface area contributed by atoms with Crippen molar-refractivity contribution in [1.82, 2.24) is 9.97 Å². The van der Waals surface area contributed by atoms with Crippen LogP contribution in [0.25, 0.3) is 0 Å². The van der Waals surface area contributed by atoms with Gasteiger partial charge in [-0.25, -0.2) is 9.97 Å². The third kappa shape index (κ3) is 2.56. The van der Waals surface area contributed by atoms with E-state index in [1.165, 1.54) is 12.8 Å². The second-order valence-corrected chi connectivity index (χ2v) is 6.19. The molecule has 1 aliphatic heterocycles. The van der Waals surface area contributed by atoms with Crippen molar-refractivity contribution >= 4 is 17.4 Å². The standard InChI is InChI=1S/C14H20ClN3O/c1-8-12(15)16-13(10-3-4-10)17-14(8)18-6-5-11(7-18)9(2)19/h9-11,19H,3-7H2,1-2H3. The Kier molecular flexibility index (Phi) is 3.39. The van der Waals surface area contributed by atoms with Crippen molar-refractivity contribution in [3.63, 3.8) is 0 Å². The predicted octanol–water partition coefficient (Wildman–Crippen LogP) is 2.52. The SMILES string of the molecule is Cc1c(Cl)nc(C2CC2)nc1N1CCC(C(C)O)C1. The van der Waals surface area contributed by atoms with Crippen molar-refractivity contribution < 1.29 is 5.11 Å². The molecule has 0 radical (unpaired) electrons. The minimum absolute atomic E-state index is 0.259. The molecule has 1 saturated heterocycles. The topological polar surface area (TPSA) is 49.2 Å². The summed E-state index contributed by atoms with van der Waals surface area (Å²) in [6.45, 7) is 5.64. The van der Waals surface area contributed by atoms with Crippen LogP contribution in [0.5, 0.6) is 0 Å². The molecule has 2 unspecified atom stereocenters. The smallest absolute Gasteiger partial charge is 0.137 e. The van der Waals surface area contributed by atoms with Crippen molar-refractivity contribution in [3.8, 4) is 0 Å². The molecule has 3 rings (SSSR count). The lowest BCUT2D eigenvalue weighted by Gasteiger charge is -2.21. The quantitative estimate of drug-likeness (QED) is 0.865. The molecule has 0 aromatic carbocycles. The monoisotopic (exact) mass is 281 g/mol. The summed E-state index contributed by atoms with van der Waals surface area (Å²) in [5, 5.41) is 10.3. The molecular weight excluding hydrogens is 262 g/mol. The molecule has 2 atom stereocenters. The van der Waals surface area contributed by atoms with E-state index in [4.69, 9.17) is 16.6 Å². The average molecular weight is 282 g/mol. The Morgan fingerprint density at radius 2 is 2.05 bits per heavy atom. The van der Waals surface area contributed by atoms with Crippen LogP contribution >= 0.6 is 11.6 Å². The summed E-state index contributed by atoms with van der Waals surface area (Å²) in [6.07, 6.45) is 3.10. The van der Waals surface area contributed by atoms with Gasteiger partial charge in [0.2, 0.25) is 0 Å². The Morgan fingerprint density at radius 3 is 2.63 bits per heavy atom. The molecule has 0 bridgehead atoms. The first kappa shape index (κ1) is 13.1. The maximum absolute atomic E-state index is 9.71. The summed E-state index contributed by atoms with van der Waals surface area (Å²) in [7, 11) is 0. The maximum atomic E-state index is 9.71. The Balaban J connectivity index is 1.87. The third-order valence-electron chi connectivity index (χ3n) is 4.23. The Hall–Kier alpha value is -0.870. The maximum Gasteiger partial charge on any atom is 0.137 e. The van der Waals surface area contributed by atoms with Gasteiger partial charge in [0.15, 0.2) is 0 Å². The highest BCUT2D eigenvalue weighted by atomic mass is 35.5. The van der Waals surface area contributed by atoms with Crippen LogP contribution in [0.15, 0.2) is 0 Å². The van der Waals surface area contributed by atoms with E-state index in [-0.39, 0.29) is 6.10 Å². The van der Waals surface area contributed by atoms with Crippen LogP contribution in [0.4, 0.5) is 5.82 Å². The van der Waals surface area contributed by atoms with E-state index in [0.29, 0.717) is 17.0 Å². The van der Waals surface area contributed by atoms with Crippen LogP contribution < -0.4 is 4.90 Å². The number of aliphatic hydroxyl groups excluding tert-OH is 1. The van der Waals surface area contributed by atoms with Gasteiger partial charge in [-0.05, 0) is 33.1 Å². The van der Waals surface area contributed by atoms with Gasteiger partial charge in [0, 0.05) is 30.5 Å². The molecule has 1 aromatic heterocycles. The highest BCUT2D eigenvalue weighted by molar-refractivity contribution is 6.30. The van der Waals surface area contributed by atoms with Crippen molar-refractivity contribution in [2.24, 2.45) is 5.92 Å². The van der Waals surface area contributed by atoms with Gasteiger partial charge < -0.3 is 10.0 Å². The van der Waals surface area contributed by atoms with E-state index < -0.39 is 0 Å². The Morgan fingerprint density at radius 1 is 1.32 bits per heavy atom. The Labute approximate surface area is 118 Å². The second kappa shape index (κ2) is 4.91. The molecule has 1 saturated carbocycles. The van der Waals surface area contributed by atoms with Gasteiger partial charge >= 0.3 is 0 Å². The lowest BCUT2D eigenvalue weighted by molar-refractivity contribution is 0.136. The molecule has 4 nitrogen and oxygen atoms in total. The lowest BCUT2D eigenvalue weighted by atomic mass is 10.0. The van der Waals surface area contributed by atoms with Crippen LogP contribution in [-0.4, -0.2) is 34.3 Å². The first-order chi connectivity index (χ1) is 9.06. The van der Waals surface area contributed by atoms with E-state index in [1.807, 2.05) is 13.8 Å². The van der Waals surface area contributed by atoms with Crippen LogP contribution in [0.2, 0.25) is 5.15 Å². The summed E-state index contributed by atoms with van der Waals surface area (Å²) in [4.78, 5) is 11.4. The number of hydrogen-bond acceptors (Lipinski definition) is 4. The van der Waals surface area contributed by atoms with Gasteiger partial charge in [-0.1, -0.05) is 11.6 Å².